The van der Waals surface area contributed by atoms with Crippen molar-refractivity contribution in [2.75, 3.05) is 4.90 Å². The zero-order valence-electron chi connectivity index (χ0n) is 27.5. The van der Waals surface area contributed by atoms with E-state index in [1.165, 1.54) is 16.3 Å². The molecule has 0 spiro atoms. The van der Waals surface area contributed by atoms with E-state index >= 15 is 0 Å². The molecule has 10 rings (SSSR count). The maximum absolute atomic E-state index is 6.37. The third-order valence-corrected chi connectivity index (χ3v) is 9.70. The first-order chi connectivity index (χ1) is 25.3. The zero-order valence-corrected chi connectivity index (χ0v) is 27.5. The molecule has 2 heterocycles. The summed E-state index contributed by atoms with van der Waals surface area (Å²) in [6.45, 7) is 0. The molecule has 10 aromatic rings. The van der Waals surface area contributed by atoms with Crippen LogP contribution in [0.5, 0.6) is 0 Å². The molecular formula is C47H30N2O2. The van der Waals surface area contributed by atoms with Gasteiger partial charge in [-0.3, -0.25) is 0 Å². The number of rotatable bonds is 6. The number of oxazole rings is 1. The minimum atomic E-state index is 0.618. The number of hydrogen-bond donors (Lipinski definition) is 0. The molecule has 0 radical (unpaired) electrons. The topological polar surface area (TPSA) is 42.4 Å². The Labute approximate surface area is 294 Å². The molecule has 0 aliphatic carbocycles. The first-order valence-electron chi connectivity index (χ1n) is 17.1. The van der Waals surface area contributed by atoms with Crippen LogP contribution in [0.15, 0.2) is 191 Å². The number of hydrogen-bond acceptors (Lipinski definition) is 4. The van der Waals surface area contributed by atoms with Crippen molar-refractivity contribution in [2.45, 2.75) is 0 Å². The van der Waals surface area contributed by atoms with Gasteiger partial charge in [-0.2, -0.15) is 0 Å². The van der Waals surface area contributed by atoms with Crippen molar-refractivity contribution in [3.05, 3.63) is 182 Å². The molecule has 240 valence electrons. The number of benzene rings is 8. The molecule has 51 heavy (non-hydrogen) atoms. The second-order valence-electron chi connectivity index (χ2n) is 12.8. The van der Waals surface area contributed by atoms with Gasteiger partial charge in [0, 0.05) is 45.0 Å². The number of anilines is 3. The van der Waals surface area contributed by atoms with Gasteiger partial charge in [-0.15, -0.1) is 0 Å². The minimum Gasteiger partial charge on any atom is -0.456 e. The summed E-state index contributed by atoms with van der Waals surface area (Å²) in [5, 5.41) is 4.67. The van der Waals surface area contributed by atoms with Crippen LogP contribution in [0.3, 0.4) is 0 Å². The maximum atomic E-state index is 6.37. The molecule has 0 aliphatic heterocycles. The Balaban J connectivity index is 1.10. The normalized spacial score (nSPS) is 11.5. The monoisotopic (exact) mass is 654 g/mol. The molecule has 0 aliphatic rings. The van der Waals surface area contributed by atoms with Gasteiger partial charge in [-0.25, -0.2) is 4.98 Å². The average Bonchev–Trinajstić information content (AvgIpc) is 3.80. The van der Waals surface area contributed by atoms with Gasteiger partial charge < -0.3 is 13.7 Å². The van der Waals surface area contributed by atoms with Crippen LogP contribution >= 0.6 is 0 Å². The molecule has 0 N–H and O–H groups in total. The molecule has 2 aromatic heterocycles. The van der Waals surface area contributed by atoms with Gasteiger partial charge in [0.15, 0.2) is 5.58 Å². The summed E-state index contributed by atoms with van der Waals surface area (Å²) in [5.74, 6) is 0.618. The Kier molecular flexibility index (Phi) is 6.78. The number of furan rings is 1. The zero-order chi connectivity index (χ0) is 33.7. The molecule has 8 aromatic carbocycles. The van der Waals surface area contributed by atoms with Gasteiger partial charge in [0.05, 0.1) is 0 Å². The number of para-hydroxylation sites is 2. The van der Waals surface area contributed by atoms with Crippen molar-refractivity contribution in [1.29, 1.82) is 0 Å². The van der Waals surface area contributed by atoms with Gasteiger partial charge in [0.1, 0.15) is 16.7 Å². The van der Waals surface area contributed by atoms with Gasteiger partial charge >= 0.3 is 0 Å². The fourth-order valence-corrected chi connectivity index (χ4v) is 7.27. The minimum absolute atomic E-state index is 0.618. The standard InChI is InChI=1S/C47H30N2O2/c1-2-12-33(13-3-1)47-48-46-40(20-10-22-44(46)51-47)32-23-25-35(26-24-32)49(37-27-28-42-41-18-6-7-21-43(41)50-45(42)30-37)36-16-8-15-34(29-36)39-19-9-14-31-11-4-5-17-38(31)39/h1-30H. The Hall–Kier alpha value is -6.91. The fourth-order valence-electron chi connectivity index (χ4n) is 7.27. The lowest BCUT2D eigenvalue weighted by Gasteiger charge is -2.26. The summed E-state index contributed by atoms with van der Waals surface area (Å²) in [6.07, 6.45) is 0. The predicted molar refractivity (Wildman–Crippen MR) is 210 cm³/mol. The SMILES string of the molecule is c1ccc(-c2nc3c(-c4ccc(N(c5cccc(-c6cccc7ccccc67)c5)c5ccc6c(c5)oc5ccccc56)cc4)cccc3o2)cc1. The molecule has 0 saturated heterocycles. The summed E-state index contributed by atoms with van der Waals surface area (Å²) in [7, 11) is 0. The molecular weight excluding hydrogens is 625 g/mol. The third kappa shape index (κ3) is 5.04. The second-order valence-corrected chi connectivity index (χ2v) is 12.8. The summed E-state index contributed by atoms with van der Waals surface area (Å²) in [5.41, 5.74) is 11.8. The van der Waals surface area contributed by atoms with Gasteiger partial charge in [-0.1, -0.05) is 115 Å². The smallest absolute Gasteiger partial charge is 0.227 e. The Morgan fingerprint density at radius 3 is 1.92 bits per heavy atom. The van der Waals surface area contributed by atoms with Crippen molar-refractivity contribution < 1.29 is 8.83 Å². The highest BCUT2D eigenvalue weighted by Gasteiger charge is 2.18. The lowest BCUT2D eigenvalue weighted by atomic mass is 9.97. The van der Waals surface area contributed by atoms with E-state index in [-0.39, 0.29) is 0 Å². The Morgan fingerprint density at radius 2 is 1.02 bits per heavy atom. The molecule has 4 nitrogen and oxygen atoms in total. The average molecular weight is 655 g/mol. The molecule has 0 amide bonds. The first-order valence-corrected chi connectivity index (χ1v) is 17.1. The molecule has 0 saturated carbocycles. The lowest BCUT2D eigenvalue weighted by Crippen LogP contribution is -2.10. The van der Waals surface area contributed by atoms with Crippen LogP contribution in [0, 0.1) is 0 Å². The predicted octanol–water partition coefficient (Wildman–Crippen LogP) is 13.4. The summed E-state index contributed by atoms with van der Waals surface area (Å²) in [4.78, 5) is 7.23. The summed E-state index contributed by atoms with van der Waals surface area (Å²) < 4.78 is 12.6. The van der Waals surface area contributed by atoms with E-state index < -0.39 is 0 Å². The van der Waals surface area contributed by atoms with Crippen LogP contribution in [0.1, 0.15) is 0 Å². The highest BCUT2D eigenvalue weighted by atomic mass is 16.3. The molecule has 0 atom stereocenters. The van der Waals surface area contributed by atoms with Crippen LogP contribution in [-0.4, -0.2) is 4.98 Å². The van der Waals surface area contributed by atoms with E-state index in [1.54, 1.807) is 0 Å². The summed E-state index contributed by atoms with van der Waals surface area (Å²) >= 11 is 0. The van der Waals surface area contributed by atoms with Gasteiger partial charge in [-0.05, 0) is 88.1 Å². The van der Waals surface area contributed by atoms with Crippen LogP contribution in [-0.2, 0) is 0 Å². The van der Waals surface area contributed by atoms with Crippen molar-refractivity contribution in [1.82, 2.24) is 4.98 Å². The summed E-state index contributed by atoms with van der Waals surface area (Å²) in [6, 6.07) is 63.4. The van der Waals surface area contributed by atoms with E-state index in [9.17, 15) is 0 Å². The highest BCUT2D eigenvalue weighted by molar-refractivity contribution is 6.06. The van der Waals surface area contributed by atoms with Crippen molar-refractivity contribution in [3.8, 4) is 33.7 Å². The largest absolute Gasteiger partial charge is 0.456 e. The number of aromatic nitrogens is 1. The molecule has 0 unspecified atom stereocenters. The van der Waals surface area contributed by atoms with Gasteiger partial charge in [0.25, 0.3) is 0 Å². The first kappa shape index (κ1) is 29.0. The maximum Gasteiger partial charge on any atom is 0.227 e. The van der Waals surface area contributed by atoms with Crippen LogP contribution in [0.2, 0.25) is 0 Å². The van der Waals surface area contributed by atoms with Crippen LogP contribution in [0.25, 0.3) is 77.5 Å². The van der Waals surface area contributed by atoms with Crippen molar-refractivity contribution in [3.63, 3.8) is 0 Å². The van der Waals surface area contributed by atoms with E-state index in [4.69, 9.17) is 13.8 Å². The quantitative estimate of drug-likeness (QED) is 0.179. The third-order valence-electron chi connectivity index (χ3n) is 9.70. The van der Waals surface area contributed by atoms with E-state index in [2.05, 4.69) is 132 Å². The Morgan fingerprint density at radius 1 is 0.373 bits per heavy atom. The van der Waals surface area contributed by atoms with E-state index in [1.807, 2.05) is 54.6 Å². The van der Waals surface area contributed by atoms with E-state index in [0.717, 1.165) is 72.4 Å². The molecule has 0 bridgehead atoms. The number of fused-ring (bicyclic) bond motifs is 5. The van der Waals surface area contributed by atoms with E-state index in [0.29, 0.717) is 5.89 Å². The van der Waals surface area contributed by atoms with Gasteiger partial charge in [0.2, 0.25) is 5.89 Å². The number of nitrogens with zero attached hydrogens (tertiary/aromatic N) is 2. The second kappa shape index (κ2) is 11.9. The van der Waals surface area contributed by atoms with Crippen LogP contribution < -0.4 is 4.90 Å². The molecule has 0 fully saturated rings. The molecule has 4 heteroatoms. The Bertz CT molecular complexity index is 2860. The lowest BCUT2D eigenvalue weighted by molar-refractivity contribution is 0.620. The van der Waals surface area contributed by atoms with Crippen molar-refractivity contribution >= 4 is 60.9 Å². The highest BCUT2D eigenvalue weighted by Crippen LogP contribution is 2.41. The van der Waals surface area contributed by atoms with Crippen LogP contribution in [0.4, 0.5) is 17.1 Å². The van der Waals surface area contributed by atoms with Crippen molar-refractivity contribution in [2.24, 2.45) is 0 Å². The fraction of sp³-hybridized carbons (Fsp3) is 0.